The number of halogens is 2. The molecule has 0 spiro atoms. The van der Waals surface area contributed by atoms with Crippen molar-refractivity contribution in [3.63, 3.8) is 0 Å². The number of benzene rings is 1. The Balaban J connectivity index is 1.83. The summed E-state index contributed by atoms with van der Waals surface area (Å²) in [6, 6.07) is 4.72. The Morgan fingerprint density at radius 1 is 1.29 bits per heavy atom. The molecule has 2 aliphatic heterocycles. The summed E-state index contributed by atoms with van der Waals surface area (Å²) in [4.78, 5) is 28.1. The van der Waals surface area contributed by atoms with Crippen LogP contribution in [0.15, 0.2) is 45.2 Å². The maximum atomic E-state index is 13.9. The number of dihydropyridines is 1. The van der Waals surface area contributed by atoms with Crippen molar-refractivity contribution in [2.24, 2.45) is 0 Å². The van der Waals surface area contributed by atoms with Crippen LogP contribution in [0.25, 0.3) is 0 Å². The zero-order valence-electron chi connectivity index (χ0n) is 15.7. The number of nitrogens with zero attached hydrogens (tertiary/aromatic N) is 1. The van der Waals surface area contributed by atoms with Gasteiger partial charge >= 0.3 is 0 Å². The van der Waals surface area contributed by atoms with Gasteiger partial charge in [0.25, 0.3) is 5.91 Å². The summed E-state index contributed by atoms with van der Waals surface area (Å²) in [7, 11) is 0. The fourth-order valence-corrected chi connectivity index (χ4v) is 4.63. The van der Waals surface area contributed by atoms with E-state index in [9.17, 15) is 14.0 Å². The number of ketones is 1. The zero-order valence-corrected chi connectivity index (χ0v) is 17.3. The van der Waals surface area contributed by atoms with Gasteiger partial charge in [-0.15, -0.1) is 0 Å². The standard InChI is InChI=1S/C21H22BrFN2O3/c1-12-18(21(27)25-7-9-28-10-8-25)19(13-5-6-15(23)14(22)11-13)20-16(24-12)3-2-4-17(20)26/h5-6,11,19,24H,2-4,7-10H2,1H3/t19-/m1/s1. The lowest BCUT2D eigenvalue weighted by Gasteiger charge is -2.37. The Morgan fingerprint density at radius 2 is 2.04 bits per heavy atom. The van der Waals surface area contributed by atoms with E-state index in [2.05, 4.69) is 21.2 Å². The molecule has 0 bridgehead atoms. The first-order chi connectivity index (χ1) is 13.5. The Labute approximate surface area is 171 Å². The highest BCUT2D eigenvalue weighted by Crippen LogP contribution is 2.43. The van der Waals surface area contributed by atoms with Crippen LogP contribution >= 0.6 is 15.9 Å². The highest BCUT2D eigenvalue weighted by Gasteiger charge is 2.40. The van der Waals surface area contributed by atoms with Crippen molar-refractivity contribution in [1.82, 2.24) is 10.2 Å². The second-order valence-corrected chi connectivity index (χ2v) is 8.20. The molecular weight excluding hydrogens is 427 g/mol. The van der Waals surface area contributed by atoms with Gasteiger partial charge in [0, 0.05) is 48.0 Å². The van der Waals surface area contributed by atoms with Crippen molar-refractivity contribution in [2.45, 2.75) is 32.1 Å². The average Bonchev–Trinajstić information content (AvgIpc) is 2.69. The SMILES string of the molecule is CC1=C(C(=O)N2CCOCC2)[C@@H](c2ccc(F)c(Br)c2)C2=C(CCCC2=O)N1. The molecule has 1 aliphatic carbocycles. The number of allylic oxidation sites excluding steroid dienone is 3. The van der Waals surface area contributed by atoms with Crippen LogP contribution in [-0.2, 0) is 14.3 Å². The summed E-state index contributed by atoms with van der Waals surface area (Å²) in [6.45, 7) is 3.93. The molecule has 1 aromatic carbocycles. The monoisotopic (exact) mass is 448 g/mol. The summed E-state index contributed by atoms with van der Waals surface area (Å²) in [6.07, 6.45) is 2.04. The van der Waals surface area contributed by atoms with Crippen molar-refractivity contribution >= 4 is 27.6 Å². The summed E-state index contributed by atoms with van der Waals surface area (Å²) in [5.74, 6) is -0.900. The number of ether oxygens (including phenoxy) is 1. The van der Waals surface area contributed by atoms with E-state index >= 15 is 0 Å². The molecule has 0 unspecified atom stereocenters. The summed E-state index contributed by atoms with van der Waals surface area (Å²) >= 11 is 3.24. The van der Waals surface area contributed by atoms with Crippen LogP contribution < -0.4 is 5.32 Å². The van der Waals surface area contributed by atoms with Crippen LogP contribution in [0.4, 0.5) is 4.39 Å². The molecular formula is C21H22BrFN2O3. The number of hydrogen-bond acceptors (Lipinski definition) is 4. The fourth-order valence-electron chi connectivity index (χ4n) is 4.23. The van der Waals surface area contributed by atoms with E-state index in [1.165, 1.54) is 6.07 Å². The Kier molecular flexibility index (Phi) is 5.38. The lowest BCUT2D eigenvalue weighted by Crippen LogP contribution is -2.44. The lowest BCUT2D eigenvalue weighted by atomic mass is 9.75. The molecule has 7 heteroatoms. The Bertz CT molecular complexity index is 903. The maximum Gasteiger partial charge on any atom is 0.252 e. The molecule has 1 fully saturated rings. The molecule has 0 aromatic heterocycles. The quantitative estimate of drug-likeness (QED) is 0.752. The van der Waals surface area contributed by atoms with Crippen molar-refractivity contribution < 1.29 is 18.7 Å². The highest BCUT2D eigenvalue weighted by atomic mass is 79.9. The smallest absolute Gasteiger partial charge is 0.252 e. The molecule has 1 saturated heterocycles. The highest BCUT2D eigenvalue weighted by molar-refractivity contribution is 9.10. The Morgan fingerprint density at radius 3 is 2.75 bits per heavy atom. The minimum absolute atomic E-state index is 0.0546. The summed E-state index contributed by atoms with van der Waals surface area (Å²) in [5, 5.41) is 3.32. The molecule has 1 amide bonds. The van der Waals surface area contributed by atoms with Gasteiger partial charge in [0.05, 0.1) is 17.7 Å². The van der Waals surface area contributed by atoms with Gasteiger partial charge in [0.15, 0.2) is 5.78 Å². The second kappa shape index (κ2) is 7.79. The van der Waals surface area contributed by atoms with Crippen LogP contribution in [0.2, 0.25) is 0 Å². The number of carbonyl (C=O) groups excluding carboxylic acids is 2. The number of nitrogens with one attached hydrogen (secondary N) is 1. The fraction of sp³-hybridized carbons (Fsp3) is 0.429. The average molecular weight is 449 g/mol. The lowest BCUT2D eigenvalue weighted by molar-refractivity contribution is -0.131. The molecule has 0 saturated carbocycles. The van der Waals surface area contributed by atoms with Crippen molar-refractivity contribution in [3.05, 3.63) is 56.6 Å². The first-order valence-electron chi connectivity index (χ1n) is 9.53. The molecule has 28 heavy (non-hydrogen) atoms. The summed E-state index contributed by atoms with van der Waals surface area (Å²) in [5.41, 5.74) is 3.60. The van der Waals surface area contributed by atoms with Crippen molar-refractivity contribution in [2.75, 3.05) is 26.3 Å². The maximum absolute atomic E-state index is 13.9. The minimum Gasteiger partial charge on any atom is -0.378 e. The van der Waals surface area contributed by atoms with Gasteiger partial charge in [-0.25, -0.2) is 4.39 Å². The van der Waals surface area contributed by atoms with Gasteiger partial charge in [-0.2, -0.15) is 0 Å². The number of amides is 1. The van der Waals surface area contributed by atoms with E-state index in [4.69, 9.17) is 4.74 Å². The number of rotatable bonds is 2. The molecule has 3 aliphatic rings. The minimum atomic E-state index is -0.490. The van der Waals surface area contributed by atoms with Crippen LogP contribution in [0.1, 0.15) is 37.7 Å². The second-order valence-electron chi connectivity index (χ2n) is 7.34. The number of morpholine rings is 1. The van der Waals surface area contributed by atoms with E-state index in [1.54, 1.807) is 17.0 Å². The normalized spacial score (nSPS) is 22.9. The third-order valence-corrected chi connectivity index (χ3v) is 6.19. The van der Waals surface area contributed by atoms with Gasteiger partial charge < -0.3 is 15.0 Å². The van der Waals surface area contributed by atoms with Gasteiger partial charge in [-0.05, 0) is 53.4 Å². The molecule has 5 nitrogen and oxygen atoms in total. The van der Waals surface area contributed by atoms with E-state index in [0.717, 1.165) is 29.8 Å². The van der Waals surface area contributed by atoms with E-state index < -0.39 is 5.92 Å². The predicted molar refractivity (Wildman–Crippen MR) is 106 cm³/mol. The van der Waals surface area contributed by atoms with E-state index in [-0.39, 0.29) is 17.5 Å². The first-order valence-corrected chi connectivity index (χ1v) is 10.3. The third kappa shape index (κ3) is 3.42. The Hall–Kier alpha value is -1.99. The third-order valence-electron chi connectivity index (χ3n) is 5.58. The molecule has 1 aromatic rings. The molecule has 4 rings (SSSR count). The van der Waals surface area contributed by atoms with Crippen LogP contribution in [0.5, 0.6) is 0 Å². The molecule has 148 valence electrons. The molecule has 1 atom stereocenters. The molecule has 2 heterocycles. The van der Waals surface area contributed by atoms with Crippen molar-refractivity contribution in [1.29, 1.82) is 0 Å². The van der Waals surface area contributed by atoms with Crippen molar-refractivity contribution in [3.8, 4) is 0 Å². The van der Waals surface area contributed by atoms with Gasteiger partial charge in [0.1, 0.15) is 5.82 Å². The number of Topliss-reactive ketones (excluding diaryl/α,β-unsaturated/α-hetero) is 1. The van der Waals surface area contributed by atoms with Crippen LogP contribution in [-0.4, -0.2) is 42.9 Å². The summed E-state index contributed by atoms with van der Waals surface area (Å²) < 4.78 is 19.6. The first kappa shape index (κ1) is 19.3. The number of carbonyl (C=O) groups is 2. The van der Waals surface area contributed by atoms with E-state index in [1.807, 2.05) is 6.92 Å². The van der Waals surface area contributed by atoms with Crippen LogP contribution in [0, 0.1) is 5.82 Å². The van der Waals surface area contributed by atoms with Gasteiger partial charge in [0.2, 0.25) is 0 Å². The topological polar surface area (TPSA) is 58.6 Å². The number of hydrogen-bond donors (Lipinski definition) is 1. The predicted octanol–water partition coefficient (Wildman–Crippen LogP) is 3.41. The van der Waals surface area contributed by atoms with Gasteiger partial charge in [-0.1, -0.05) is 6.07 Å². The van der Waals surface area contributed by atoms with Crippen LogP contribution in [0.3, 0.4) is 0 Å². The van der Waals surface area contributed by atoms with E-state index in [0.29, 0.717) is 48.3 Å². The van der Waals surface area contributed by atoms with Gasteiger partial charge in [-0.3, -0.25) is 9.59 Å². The molecule has 0 radical (unpaired) electrons. The zero-order chi connectivity index (χ0) is 19.8. The molecule has 1 N–H and O–H groups in total. The largest absolute Gasteiger partial charge is 0.378 e.